The van der Waals surface area contributed by atoms with E-state index in [-0.39, 0.29) is 12.8 Å². The average molecular weight is 411 g/mol. The van der Waals surface area contributed by atoms with E-state index in [2.05, 4.69) is 4.74 Å². The van der Waals surface area contributed by atoms with Crippen molar-refractivity contribution in [3.63, 3.8) is 0 Å². The molecule has 1 atom stereocenters. The van der Waals surface area contributed by atoms with E-state index in [4.69, 9.17) is 0 Å². The van der Waals surface area contributed by atoms with Gasteiger partial charge in [0, 0.05) is 6.04 Å². The lowest BCUT2D eigenvalue weighted by atomic mass is 9.95. The molecule has 0 aromatic carbocycles. The van der Waals surface area contributed by atoms with Crippen LogP contribution in [0.1, 0.15) is 32.1 Å². The molecule has 0 spiro atoms. The van der Waals surface area contributed by atoms with E-state index in [9.17, 15) is 53.1 Å². The van der Waals surface area contributed by atoms with E-state index in [0.717, 1.165) is 0 Å². The number of hydrogen-bond acceptors (Lipinski definition) is 2. The van der Waals surface area contributed by atoms with Crippen LogP contribution in [0.25, 0.3) is 0 Å². The quantitative estimate of drug-likeness (QED) is 0.679. The first-order chi connectivity index (χ1) is 11.5. The van der Waals surface area contributed by atoms with Crippen LogP contribution in [-0.2, 0) is 9.53 Å². The molecular weight excluding hydrogens is 399 g/mol. The van der Waals surface area contributed by atoms with E-state index in [1.54, 1.807) is 0 Å². The summed E-state index contributed by atoms with van der Waals surface area (Å²) in [5, 5.41) is 1.36. The maximum Gasteiger partial charge on any atom is 0.462 e. The Hall–Kier alpha value is -1.34. The lowest BCUT2D eigenvalue weighted by molar-refractivity contribution is -0.473. The number of nitrogens with one attached hydrogen (secondary N) is 1. The molecule has 1 N–H and O–H groups in total. The highest BCUT2D eigenvalue weighted by atomic mass is 19.4. The third kappa shape index (κ3) is 4.31. The Kier molecular flexibility index (Phi) is 6.11. The SMILES string of the molecule is O=C(NC1CCCCC1)[C@@](F)(OC(F)(F)C(F)(F)C(F)(F)F)C(F)(F)F. The summed E-state index contributed by atoms with van der Waals surface area (Å²) in [4.78, 5) is 11.4. The number of alkyl halides is 11. The molecule has 0 unspecified atom stereocenters. The largest absolute Gasteiger partial charge is 0.462 e. The van der Waals surface area contributed by atoms with Gasteiger partial charge in [0.05, 0.1) is 0 Å². The molecule has 0 saturated heterocycles. The molecule has 0 aromatic heterocycles. The lowest BCUT2D eigenvalue weighted by Gasteiger charge is -2.35. The van der Waals surface area contributed by atoms with Gasteiger partial charge in [0.25, 0.3) is 5.91 Å². The van der Waals surface area contributed by atoms with Gasteiger partial charge in [-0.2, -0.15) is 48.3 Å². The summed E-state index contributed by atoms with van der Waals surface area (Å²) in [5.41, 5.74) is 0. The molecule has 1 aliphatic rings. The molecule has 1 saturated carbocycles. The van der Waals surface area contributed by atoms with Gasteiger partial charge in [-0.1, -0.05) is 19.3 Å². The molecule has 1 amide bonds. The first-order valence-corrected chi connectivity index (χ1v) is 7.05. The number of ether oxygens (including phenoxy) is 1. The number of rotatable bonds is 5. The fraction of sp³-hybridized carbons (Fsp3) is 0.917. The molecule has 0 bridgehead atoms. The van der Waals surface area contributed by atoms with Gasteiger partial charge in [0.15, 0.2) is 0 Å². The number of carbonyl (C=O) groups excluding carboxylic acids is 1. The van der Waals surface area contributed by atoms with Gasteiger partial charge in [-0.3, -0.25) is 9.53 Å². The molecular formula is C12H12F11NO2. The standard InChI is InChI=1S/C12H12F11NO2/c13-8(10(16,17)18,7(25)24-6-4-2-1-3-5-6)26-12(22,23)9(14,15)11(19,20)21/h6H,1-5H2,(H,24,25)/t8-/m1/s1. The van der Waals surface area contributed by atoms with E-state index in [0.29, 0.717) is 19.3 Å². The Morgan fingerprint density at radius 2 is 1.23 bits per heavy atom. The van der Waals surface area contributed by atoms with Crippen LogP contribution >= 0.6 is 0 Å². The summed E-state index contributed by atoms with van der Waals surface area (Å²) in [7, 11) is 0. The van der Waals surface area contributed by atoms with Crippen molar-refractivity contribution >= 4 is 5.91 Å². The number of carbonyl (C=O) groups is 1. The monoisotopic (exact) mass is 411 g/mol. The van der Waals surface area contributed by atoms with Gasteiger partial charge < -0.3 is 5.32 Å². The Bertz CT molecular complexity index is 510. The molecule has 26 heavy (non-hydrogen) atoms. The number of amides is 1. The zero-order valence-electron chi connectivity index (χ0n) is 12.6. The zero-order chi connectivity index (χ0) is 20.6. The topological polar surface area (TPSA) is 38.3 Å². The normalized spacial score (nSPS) is 20.6. The molecule has 3 nitrogen and oxygen atoms in total. The fourth-order valence-corrected chi connectivity index (χ4v) is 2.16. The van der Waals surface area contributed by atoms with Crippen LogP contribution in [0.3, 0.4) is 0 Å². The van der Waals surface area contributed by atoms with E-state index >= 15 is 0 Å². The Labute approximate surface area is 138 Å². The molecule has 14 heteroatoms. The lowest BCUT2D eigenvalue weighted by Crippen LogP contribution is -2.64. The minimum Gasteiger partial charge on any atom is -0.348 e. The van der Waals surface area contributed by atoms with Crippen molar-refractivity contribution in [2.45, 2.75) is 68.4 Å². The highest BCUT2D eigenvalue weighted by Crippen LogP contribution is 2.51. The average Bonchev–Trinajstić information content (AvgIpc) is 2.45. The van der Waals surface area contributed by atoms with Crippen LogP contribution in [0.5, 0.6) is 0 Å². The van der Waals surface area contributed by atoms with E-state index in [1.165, 1.54) is 5.32 Å². The van der Waals surface area contributed by atoms with Gasteiger partial charge in [0.1, 0.15) is 0 Å². The Morgan fingerprint density at radius 3 is 1.62 bits per heavy atom. The highest BCUT2D eigenvalue weighted by Gasteiger charge is 2.79. The molecule has 0 aliphatic heterocycles. The Balaban J connectivity index is 3.14. The minimum atomic E-state index is -7.19. The third-order valence-corrected chi connectivity index (χ3v) is 3.59. The molecule has 154 valence electrons. The highest BCUT2D eigenvalue weighted by molar-refractivity contribution is 5.84. The van der Waals surface area contributed by atoms with Crippen LogP contribution in [0, 0.1) is 0 Å². The van der Waals surface area contributed by atoms with Crippen molar-refractivity contribution in [1.82, 2.24) is 5.32 Å². The fourth-order valence-electron chi connectivity index (χ4n) is 2.16. The van der Waals surface area contributed by atoms with Gasteiger partial charge in [-0.15, -0.1) is 0 Å². The second-order valence-corrected chi connectivity index (χ2v) is 5.59. The molecule has 0 aromatic rings. The van der Waals surface area contributed by atoms with E-state index < -0.39 is 42.2 Å². The van der Waals surface area contributed by atoms with Crippen molar-refractivity contribution in [2.24, 2.45) is 0 Å². The van der Waals surface area contributed by atoms with E-state index in [1.807, 2.05) is 0 Å². The van der Waals surface area contributed by atoms with Crippen LogP contribution in [0.15, 0.2) is 0 Å². The summed E-state index contributed by atoms with van der Waals surface area (Å²) in [6.07, 6.45) is -19.3. The van der Waals surface area contributed by atoms with Crippen molar-refractivity contribution in [2.75, 3.05) is 0 Å². The van der Waals surface area contributed by atoms with Gasteiger partial charge in [0.2, 0.25) is 0 Å². The predicted octanol–water partition coefficient (Wildman–Crippen LogP) is 4.47. The first-order valence-electron chi connectivity index (χ1n) is 7.05. The molecule has 0 radical (unpaired) electrons. The third-order valence-electron chi connectivity index (χ3n) is 3.59. The summed E-state index contributed by atoms with van der Waals surface area (Å²) in [6.45, 7) is 0. The van der Waals surface area contributed by atoms with Crippen molar-refractivity contribution in [1.29, 1.82) is 0 Å². The van der Waals surface area contributed by atoms with Crippen molar-refractivity contribution in [3.05, 3.63) is 0 Å². The summed E-state index contributed by atoms with van der Waals surface area (Å²) in [6, 6.07) is -1.10. The van der Waals surface area contributed by atoms with Gasteiger partial charge in [-0.05, 0) is 12.8 Å². The predicted molar refractivity (Wildman–Crippen MR) is 61.9 cm³/mol. The minimum absolute atomic E-state index is 0.0365. The summed E-state index contributed by atoms with van der Waals surface area (Å²) in [5.74, 6) is -16.2. The first kappa shape index (κ1) is 22.7. The maximum atomic E-state index is 13.9. The second kappa shape index (κ2) is 7.00. The van der Waals surface area contributed by atoms with Crippen LogP contribution in [0.4, 0.5) is 48.3 Å². The molecule has 1 aliphatic carbocycles. The number of hydrogen-bond donors (Lipinski definition) is 1. The van der Waals surface area contributed by atoms with Crippen LogP contribution in [0.2, 0.25) is 0 Å². The van der Waals surface area contributed by atoms with Gasteiger partial charge >= 0.3 is 30.2 Å². The smallest absolute Gasteiger partial charge is 0.348 e. The maximum absolute atomic E-state index is 13.9. The van der Waals surface area contributed by atoms with Crippen LogP contribution in [-0.4, -0.2) is 42.2 Å². The van der Waals surface area contributed by atoms with Crippen molar-refractivity contribution < 1.29 is 57.8 Å². The molecule has 1 fully saturated rings. The molecule has 0 heterocycles. The second-order valence-electron chi connectivity index (χ2n) is 5.59. The van der Waals surface area contributed by atoms with Crippen molar-refractivity contribution in [3.8, 4) is 0 Å². The summed E-state index contributed by atoms with van der Waals surface area (Å²) < 4.78 is 142. The Morgan fingerprint density at radius 1 is 0.769 bits per heavy atom. The number of halogens is 11. The van der Waals surface area contributed by atoms with Crippen LogP contribution < -0.4 is 5.32 Å². The zero-order valence-corrected chi connectivity index (χ0v) is 12.6. The van der Waals surface area contributed by atoms with Gasteiger partial charge in [-0.25, -0.2) is 0 Å². The summed E-state index contributed by atoms with van der Waals surface area (Å²) >= 11 is 0. The molecule has 1 rings (SSSR count).